The number of fused-ring (bicyclic) bond motifs is 1. The Morgan fingerprint density at radius 1 is 1.31 bits per heavy atom. The SMILES string of the molecule is N[C@@H]1C[C@H]1c1csc2c1CCCC2. The van der Waals surface area contributed by atoms with Crippen LogP contribution in [0.25, 0.3) is 0 Å². The summed E-state index contributed by atoms with van der Waals surface area (Å²) in [7, 11) is 0. The van der Waals surface area contributed by atoms with Gasteiger partial charge in [0.1, 0.15) is 0 Å². The van der Waals surface area contributed by atoms with Gasteiger partial charge in [0.15, 0.2) is 0 Å². The second-order valence-corrected chi connectivity index (χ2v) is 5.27. The number of thiophene rings is 1. The van der Waals surface area contributed by atoms with Gasteiger partial charge in [-0.25, -0.2) is 0 Å². The van der Waals surface area contributed by atoms with E-state index in [0.29, 0.717) is 6.04 Å². The van der Waals surface area contributed by atoms with Crippen molar-refractivity contribution in [1.82, 2.24) is 0 Å². The molecule has 1 fully saturated rings. The third kappa shape index (κ3) is 1.24. The smallest absolute Gasteiger partial charge is 0.0115 e. The maximum atomic E-state index is 5.90. The van der Waals surface area contributed by atoms with Crippen LogP contribution in [-0.2, 0) is 12.8 Å². The van der Waals surface area contributed by atoms with Gasteiger partial charge in [-0.2, -0.15) is 0 Å². The first-order valence-corrected chi connectivity index (χ1v) is 6.09. The van der Waals surface area contributed by atoms with Crippen LogP contribution >= 0.6 is 11.3 Å². The first-order valence-electron chi connectivity index (χ1n) is 5.21. The summed E-state index contributed by atoms with van der Waals surface area (Å²) in [4.78, 5) is 1.65. The van der Waals surface area contributed by atoms with Gasteiger partial charge in [0, 0.05) is 16.8 Å². The Morgan fingerprint density at radius 2 is 2.08 bits per heavy atom. The van der Waals surface area contributed by atoms with E-state index >= 15 is 0 Å². The number of hydrogen-bond donors (Lipinski definition) is 1. The Balaban J connectivity index is 1.97. The number of nitrogens with two attached hydrogens (primary N) is 1. The number of hydrogen-bond acceptors (Lipinski definition) is 2. The van der Waals surface area contributed by atoms with Crippen LogP contribution < -0.4 is 5.73 Å². The van der Waals surface area contributed by atoms with Gasteiger partial charge in [-0.3, -0.25) is 0 Å². The van der Waals surface area contributed by atoms with Crippen LogP contribution in [0.2, 0.25) is 0 Å². The molecular formula is C11H15NS. The van der Waals surface area contributed by atoms with E-state index in [1.807, 2.05) is 11.3 Å². The summed E-state index contributed by atoms with van der Waals surface area (Å²) in [5.41, 5.74) is 9.17. The Morgan fingerprint density at radius 3 is 2.85 bits per heavy atom. The van der Waals surface area contributed by atoms with Crippen molar-refractivity contribution in [1.29, 1.82) is 0 Å². The zero-order valence-corrected chi connectivity index (χ0v) is 8.57. The molecule has 0 spiro atoms. The fourth-order valence-electron chi connectivity index (χ4n) is 2.40. The molecule has 1 aromatic rings. The lowest BCUT2D eigenvalue weighted by Gasteiger charge is -2.12. The second-order valence-electron chi connectivity index (χ2n) is 4.31. The van der Waals surface area contributed by atoms with Crippen LogP contribution in [0.3, 0.4) is 0 Å². The van der Waals surface area contributed by atoms with E-state index in [9.17, 15) is 0 Å². The van der Waals surface area contributed by atoms with Crippen molar-refractivity contribution in [3.8, 4) is 0 Å². The summed E-state index contributed by atoms with van der Waals surface area (Å²) in [6, 6.07) is 0.473. The van der Waals surface area contributed by atoms with Crippen molar-refractivity contribution in [2.24, 2.45) is 5.73 Å². The highest BCUT2D eigenvalue weighted by atomic mass is 32.1. The third-order valence-electron chi connectivity index (χ3n) is 3.33. The third-order valence-corrected chi connectivity index (χ3v) is 4.44. The molecule has 0 aromatic carbocycles. The van der Waals surface area contributed by atoms with Crippen molar-refractivity contribution < 1.29 is 0 Å². The largest absolute Gasteiger partial charge is 0.327 e. The van der Waals surface area contributed by atoms with Crippen molar-refractivity contribution in [3.63, 3.8) is 0 Å². The van der Waals surface area contributed by atoms with Gasteiger partial charge >= 0.3 is 0 Å². The number of aryl methyl sites for hydroxylation is 1. The van der Waals surface area contributed by atoms with Gasteiger partial charge in [-0.05, 0) is 48.6 Å². The van der Waals surface area contributed by atoms with Crippen LogP contribution in [0, 0.1) is 0 Å². The standard InChI is InChI=1S/C11H15NS/c12-10-5-8(10)9-6-13-11-4-2-1-3-7(9)11/h6,8,10H,1-5,12H2/t8-,10+/m0/s1. The van der Waals surface area contributed by atoms with E-state index in [2.05, 4.69) is 5.38 Å². The highest BCUT2D eigenvalue weighted by molar-refractivity contribution is 7.10. The Hall–Kier alpha value is -0.340. The summed E-state index contributed by atoms with van der Waals surface area (Å²) >= 11 is 1.97. The minimum Gasteiger partial charge on any atom is -0.327 e. The van der Waals surface area contributed by atoms with Crippen molar-refractivity contribution in [2.45, 2.75) is 44.1 Å². The first-order chi connectivity index (χ1) is 6.36. The Kier molecular flexibility index (Phi) is 1.74. The molecule has 0 aliphatic heterocycles. The Labute approximate surface area is 83.0 Å². The van der Waals surface area contributed by atoms with E-state index in [1.54, 1.807) is 16.0 Å². The van der Waals surface area contributed by atoms with Crippen LogP contribution in [0.15, 0.2) is 5.38 Å². The lowest BCUT2D eigenvalue weighted by Crippen LogP contribution is -2.04. The van der Waals surface area contributed by atoms with E-state index in [-0.39, 0.29) is 0 Å². The van der Waals surface area contributed by atoms with Gasteiger partial charge in [0.05, 0.1) is 0 Å². The van der Waals surface area contributed by atoms with E-state index < -0.39 is 0 Å². The van der Waals surface area contributed by atoms with Crippen molar-refractivity contribution in [3.05, 3.63) is 21.4 Å². The molecule has 0 radical (unpaired) electrons. The molecule has 13 heavy (non-hydrogen) atoms. The van der Waals surface area contributed by atoms with Crippen molar-refractivity contribution >= 4 is 11.3 Å². The van der Waals surface area contributed by atoms with E-state index in [4.69, 9.17) is 5.73 Å². The summed E-state index contributed by atoms with van der Waals surface area (Å²) in [6.45, 7) is 0. The topological polar surface area (TPSA) is 26.0 Å². The molecule has 2 N–H and O–H groups in total. The zero-order valence-electron chi connectivity index (χ0n) is 7.75. The molecule has 1 saturated carbocycles. The molecule has 0 amide bonds. The average molecular weight is 193 g/mol. The monoisotopic (exact) mass is 193 g/mol. The van der Waals surface area contributed by atoms with Gasteiger partial charge in [0.25, 0.3) is 0 Å². The lowest BCUT2D eigenvalue weighted by atomic mass is 9.94. The van der Waals surface area contributed by atoms with Crippen LogP contribution in [0.4, 0.5) is 0 Å². The molecule has 1 nitrogen and oxygen atoms in total. The normalized spacial score (nSPS) is 31.5. The molecule has 2 atom stereocenters. The van der Waals surface area contributed by atoms with Gasteiger partial charge in [0.2, 0.25) is 0 Å². The van der Waals surface area contributed by atoms with Gasteiger partial charge in [-0.15, -0.1) is 11.3 Å². The maximum absolute atomic E-state index is 5.90. The molecule has 0 bridgehead atoms. The minimum absolute atomic E-state index is 0.473. The van der Waals surface area contributed by atoms with Gasteiger partial charge < -0.3 is 5.73 Å². The minimum atomic E-state index is 0.473. The van der Waals surface area contributed by atoms with Crippen LogP contribution in [0.1, 0.15) is 41.2 Å². The predicted molar refractivity (Wildman–Crippen MR) is 56.3 cm³/mol. The molecule has 2 aliphatic rings. The lowest BCUT2D eigenvalue weighted by molar-refractivity contribution is 0.690. The molecular weight excluding hydrogens is 178 g/mol. The molecule has 3 rings (SSSR count). The molecule has 0 unspecified atom stereocenters. The second kappa shape index (κ2) is 2.82. The van der Waals surface area contributed by atoms with Gasteiger partial charge in [-0.1, -0.05) is 0 Å². The quantitative estimate of drug-likeness (QED) is 0.728. The van der Waals surface area contributed by atoms with Crippen molar-refractivity contribution in [2.75, 3.05) is 0 Å². The average Bonchev–Trinajstić information content (AvgIpc) is 2.74. The molecule has 2 heteroatoms. The first kappa shape index (κ1) is 8.01. The zero-order chi connectivity index (χ0) is 8.84. The number of rotatable bonds is 1. The predicted octanol–water partition coefficient (Wildman–Crippen LogP) is 2.44. The van der Waals surface area contributed by atoms with Crippen LogP contribution in [0.5, 0.6) is 0 Å². The fourth-order valence-corrected chi connectivity index (χ4v) is 3.61. The molecule has 1 aromatic heterocycles. The summed E-state index contributed by atoms with van der Waals surface area (Å²) in [5.74, 6) is 0.720. The van der Waals surface area contributed by atoms with Crippen LogP contribution in [-0.4, -0.2) is 6.04 Å². The van der Waals surface area contributed by atoms with E-state index in [0.717, 1.165) is 5.92 Å². The highest BCUT2D eigenvalue weighted by Gasteiger charge is 2.37. The molecule has 2 aliphatic carbocycles. The molecule has 70 valence electrons. The molecule has 1 heterocycles. The molecule has 0 saturated heterocycles. The fraction of sp³-hybridized carbons (Fsp3) is 0.636. The highest BCUT2D eigenvalue weighted by Crippen LogP contribution is 2.45. The van der Waals surface area contributed by atoms with E-state index in [1.165, 1.54) is 32.1 Å². The summed E-state index contributed by atoms with van der Waals surface area (Å²) in [6.07, 6.45) is 6.64. The maximum Gasteiger partial charge on any atom is 0.0115 e. The summed E-state index contributed by atoms with van der Waals surface area (Å²) in [5, 5.41) is 2.37. The summed E-state index contributed by atoms with van der Waals surface area (Å²) < 4.78 is 0. The Bertz CT molecular complexity index is 329.